The highest BCUT2D eigenvalue weighted by Crippen LogP contribution is 2.23. The summed E-state index contributed by atoms with van der Waals surface area (Å²) in [7, 11) is 4.04. The molecule has 0 aliphatic rings. The maximum Gasteiger partial charge on any atom is 0.130 e. The highest BCUT2D eigenvalue weighted by molar-refractivity contribution is 5.18. The van der Waals surface area contributed by atoms with E-state index in [1.807, 2.05) is 51.4 Å². The zero-order valence-electron chi connectivity index (χ0n) is 10.3. The SMILES string of the molecule is CC(C(O)c1ccccc1)[N+](C)(C)CCO. The van der Waals surface area contributed by atoms with Crippen LogP contribution in [0.3, 0.4) is 0 Å². The Hall–Kier alpha value is -0.900. The standard InChI is InChI=1S/C13H22NO2/c1-11(14(2,3)9-10-15)13(16)12-7-5-4-6-8-12/h4-8,11,13,15-16H,9-10H2,1-3H3/q+1. The fraction of sp³-hybridized carbons (Fsp3) is 0.538. The largest absolute Gasteiger partial charge is 0.391 e. The summed E-state index contributed by atoms with van der Waals surface area (Å²) in [6.45, 7) is 2.79. The molecule has 3 nitrogen and oxygen atoms in total. The molecular formula is C13H22NO2+. The maximum absolute atomic E-state index is 10.3. The van der Waals surface area contributed by atoms with Crippen LogP contribution in [0.4, 0.5) is 0 Å². The number of rotatable bonds is 5. The molecular weight excluding hydrogens is 202 g/mol. The van der Waals surface area contributed by atoms with Gasteiger partial charge >= 0.3 is 0 Å². The average Bonchev–Trinajstić information content (AvgIpc) is 2.28. The van der Waals surface area contributed by atoms with Gasteiger partial charge in [-0.2, -0.15) is 0 Å². The van der Waals surface area contributed by atoms with E-state index in [4.69, 9.17) is 5.11 Å². The van der Waals surface area contributed by atoms with Crippen molar-refractivity contribution in [1.29, 1.82) is 0 Å². The van der Waals surface area contributed by atoms with Crippen molar-refractivity contribution in [2.75, 3.05) is 27.2 Å². The van der Waals surface area contributed by atoms with E-state index in [0.29, 0.717) is 11.0 Å². The van der Waals surface area contributed by atoms with E-state index in [2.05, 4.69) is 0 Å². The highest BCUT2D eigenvalue weighted by Gasteiger charge is 2.30. The molecule has 0 radical (unpaired) electrons. The van der Waals surface area contributed by atoms with Crippen LogP contribution in [-0.4, -0.2) is 48.0 Å². The molecule has 0 heterocycles. The lowest BCUT2D eigenvalue weighted by molar-refractivity contribution is -0.917. The fourth-order valence-corrected chi connectivity index (χ4v) is 1.77. The quantitative estimate of drug-likeness (QED) is 0.737. The monoisotopic (exact) mass is 224 g/mol. The van der Waals surface area contributed by atoms with Crippen molar-refractivity contribution in [1.82, 2.24) is 0 Å². The molecule has 0 fully saturated rings. The maximum atomic E-state index is 10.3. The smallest absolute Gasteiger partial charge is 0.130 e. The predicted octanol–water partition coefficient (Wildman–Crippen LogP) is 1.18. The zero-order chi connectivity index (χ0) is 12.2. The number of aliphatic hydroxyl groups is 2. The third-order valence-corrected chi connectivity index (χ3v) is 3.38. The molecule has 0 bridgehead atoms. The summed E-state index contributed by atoms with van der Waals surface area (Å²) >= 11 is 0. The van der Waals surface area contributed by atoms with E-state index >= 15 is 0 Å². The van der Waals surface area contributed by atoms with Crippen molar-refractivity contribution in [3.63, 3.8) is 0 Å². The average molecular weight is 224 g/mol. The molecule has 0 amide bonds. The Morgan fingerprint density at radius 1 is 1.19 bits per heavy atom. The molecule has 0 saturated carbocycles. The van der Waals surface area contributed by atoms with E-state index < -0.39 is 6.10 Å². The molecule has 2 N–H and O–H groups in total. The molecule has 90 valence electrons. The molecule has 3 heteroatoms. The minimum atomic E-state index is -0.497. The molecule has 2 atom stereocenters. The van der Waals surface area contributed by atoms with Crippen LogP contribution in [0.25, 0.3) is 0 Å². The first-order chi connectivity index (χ1) is 7.49. The number of hydrogen-bond acceptors (Lipinski definition) is 2. The second-order valence-corrected chi connectivity index (χ2v) is 4.82. The Labute approximate surface area is 97.5 Å². The molecule has 0 aliphatic carbocycles. The lowest BCUT2D eigenvalue weighted by Crippen LogP contribution is -2.51. The molecule has 0 aliphatic heterocycles. The van der Waals surface area contributed by atoms with Crippen LogP contribution in [0.15, 0.2) is 30.3 Å². The summed E-state index contributed by atoms with van der Waals surface area (Å²) in [6, 6.07) is 9.71. The van der Waals surface area contributed by atoms with Crippen molar-refractivity contribution in [3.8, 4) is 0 Å². The molecule has 1 aromatic rings. The van der Waals surface area contributed by atoms with Gasteiger partial charge in [-0.25, -0.2) is 0 Å². The van der Waals surface area contributed by atoms with Gasteiger partial charge in [0, 0.05) is 0 Å². The second kappa shape index (κ2) is 5.43. The Balaban J connectivity index is 2.78. The normalized spacial score (nSPS) is 15.8. The van der Waals surface area contributed by atoms with Gasteiger partial charge in [0.05, 0.1) is 20.7 Å². The molecule has 0 spiro atoms. The van der Waals surface area contributed by atoms with Crippen LogP contribution < -0.4 is 0 Å². The Morgan fingerprint density at radius 3 is 2.25 bits per heavy atom. The van der Waals surface area contributed by atoms with E-state index in [0.717, 1.165) is 5.56 Å². The summed E-state index contributed by atoms with van der Waals surface area (Å²) in [6.07, 6.45) is -0.497. The number of likely N-dealkylation sites (N-methyl/N-ethyl adjacent to an activating group) is 1. The van der Waals surface area contributed by atoms with Gasteiger partial charge in [0.1, 0.15) is 18.7 Å². The van der Waals surface area contributed by atoms with Crippen LogP contribution in [-0.2, 0) is 0 Å². The second-order valence-electron chi connectivity index (χ2n) is 4.82. The summed E-state index contributed by atoms with van der Waals surface area (Å²) in [5.74, 6) is 0. The van der Waals surface area contributed by atoms with E-state index in [9.17, 15) is 5.11 Å². The lowest BCUT2D eigenvalue weighted by atomic mass is 10.0. The third kappa shape index (κ3) is 3.04. The third-order valence-electron chi connectivity index (χ3n) is 3.38. The molecule has 1 rings (SSSR count). The van der Waals surface area contributed by atoms with Gasteiger partial charge in [-0.15, -0.1) is 0 Å². The van der Waals surface area contributed by atoms with Crippen LogP contribution >= 0.6 is 0 Å². The molecule has 2 unspecified atom stereocenters. The fourth-order valence-electron chi connectivity index (χ4n) is 1.77. The van der Waals surface area contributed by atoms with Crippen molar-refractivity contribution in [3.05, 3.63) is 35.9 Å². The summed E-state index contributed by atoms with van der Waals surface area (Å²) in [5.41, 5.74) is 0.930. The van der Waals surface area contributed by atoms with E-state index in [1.54, 1.807) is 0 Å². The minimum absolute atomic E-state index is 0.0505. The predicted molar refractivity (Wildman–Crippen MR) is 64.9 cm³/mol. The topological polar surface area (TPSA) is 40.5 Å². The van der Waals surface area contributed by atoms with Gasteiger partial charge in [-0.05, 0) is 12.5 Å². The van der Waals surface area contributed by atoms with Gasteiger partial charge in [0.15, 0.2) is 0 Å². The van der Waals surface area contributed by atoms with Gasteiger partial charge < -0.3 is 14.7 Å². The van der Waals surface area contributed by atoms with Crippen LogP contribution in [0.2, 0.25) is 0 Å². The number of aliphatic hydroxyl groups excluding tert-OH is 2. The highest BCUT2D eigenvalue weighted by atomic mass is 16.3. The minimum Gasteiger partial charge on any atom is -0.391 e. The van der Waals surface area contributed by atoms with Crippen LogP contribution in [0.5, 0.6) is 0 Å². The molecule has 0 aromatic heterocycles. The molecule has 1 aromatic carbocycles. The summed E-state index contributed by atoms with van der Waals surface area (Å²) in [4.78, 5) is 0. The lowest BCUT2D eigenvalue weighted by Gasteiger charge is -2.38. The Kier molecular flexibility index (Phi) is 4.47. The zero-order valence-corrected chi connectivity index (χ0v) is 10.3. The number of nitrogens with zero attached hydrogens (tertiary/aromatic N) is 1. The van der Waals surface area contributed by atoms with E-state index in [-0.39, 0.29) is 12.6 Å². The Morgan fingerprint density at radius 2 is 1.75 bits per heavy atom. The first-order valence-electron chi connectivity index (χ1n) is 5.65. The first-order valence-corrected chi connectivity index (χ1v) is 5.65. The first kappa shape index (κ1) is 13.2. The number of benzene rings is 1. The number of hydrogen-bond donors (Lipinski definition) is 2. The summed E-state index contributed by atoms with van der Waals surface area (Å²) in [5, 5.41) is 19.3. The van der Waals surface area contributed by atoms with Gasteiger partial charge in [0.2, 0.25) is 0 Å². The van der Waals surface area contributed by atoms with Crippen molar-refractivity contribution in [2.45, 2.75) is 19.1 Å². The van der Waals surface area contributed by atoms with Gasteiger partial charge in [-0.3, -0.25) is 0 Å². The Bertz CT molecular complexity index is 311. The van der Waals surface area contributed by atoms with Crippen molar-refractivity contribution < 1.29 is 14.7 Å². The van der Waals surface area contributed by atoms with Gasteiger partial charge in [-0.1, -0.05) is 30.3 Å². The van der Waals surface area contributed by atoms with E-state index in [1.165, 1.54) is 0 Å². The van der Waals surface area contributed by atoms with Crippen molar-refractivity contribution >= 4 is 0 Å². The molecule has 16 heavy (non-hydrogen) atoms. The molecule has 0 saturated heterocycles. The number of quaternary nitrogens is 1. The van der Waals surface area contributed by atoms with Crippen LogP contribution in [0.1, 0.15) is 18.6 Å². The van der Waals surface area contributed by atoms with Crippen molar-refractivity contribution in [2.24, 2.45) is 0 Å². The van der Waals surface area contributed by atoms with Crippen LogP contribution in [0, 0.1) is 0 Å². The summed E-state index contributed by atoms with van der Waals surface area (Å²) < 4.78 is 0.604. The van der Waals surface area contributed by atoms with Gasteiger partial charge in [0.25, 0.3) is 0 Å².